The molecule has 0 aliphatic carbocycles. The van der Waals surface area contributed by atoms with E-state index in [4.69, 9.17) is 5.26 Å². The van der Waals surface area contributed by atoms with E-state index < -0.39 is 39.3 Å². The number of carbonyl (C=O) groups excluding carboxylic acids is 1. The molecule has 0 aromatic heterocycles. The Labute approximate surface area is 112 Å². The van der Waals surface area contributed by atoms with E-state index in [2.05, 4.69) is 15.9 Å². The minimum atomic E-state index is -5.03. The van der Waals surface area contributed by atoms with Crippen LogP contribution in [0.25, 0.3) is 0 Å². The van der Waals surface area contributed by atoms with E-state index in [0.717, 1.165) is 6.07 Å². The summed E-state index contributed by atoms with van der Waals surface area (Å²) in [5, 5.41) is 19.0. The lowest BCUT2D eigenvalue weighted by Crippen LogP contribution is -2.14. The summed E-state index contributed by atoms with van der Waals surface area (Å²) in [5.41, 5.74) is -4.16. The summed E-state index contributed by atoms with van der Waals surface area (Å²) in [6.07, 6.45) is -5.03. The molecular formula is C10H4BrF3N2O3. The molecule has 100 valence electrons. The Kier molecular flexibility index (Phi) is 4.26. The maximum atomic E-state index is 12.7. The fourth-order valence-electron chi connectivity index (χ4n) is 1.40. The molecule has 0 unspecified atom stereocenters. The smallest absolute Gasteiger partial charge is 0.293 e. The summed E-state index contributed by atoms with van der Waals surface area (Å²) in [7, 11) is 0. The maximum absolute atomic E-state index is 12.7. The van der Waals surface area contributed by atoms with Gasteiger partial charge in [0.1, 0.15) is 5.56 Å². The van der Waals surface area contributed by atoms with Gasteiger partial charge in [-0.3, -0.25) is 14.9 Å². The van der Waals surface area contributed by atoms with Gasteiger partial charge in [0, 0.05) is 0 Å². The molecular weight excluding hydrogens is 333 g/mol. The van der Waals surface area contributed by atoms with Crippen LogP contribution in [0.3, 0.4) is 0 Å². The number of halogens is 4. The summed E-state index contributed by atoms with van der Waals surface area (Å²) in [5.74, 6) is -0.908. The van der Waals surface area contributed by atoms with Gasteiger partial charge in [-0.1, -0.05) is 15.9 Å². The molecule has 0 saturated carbocycles. The first-order valence-electron chi connectivity index (χ1n) is 4.61. The second-order valence-electron chi connectivity index (χ2n) is 3.34. The third-order valence-corrected chi connectivity index (χ3v) is 2.66. The first-order chi connectivity index (χ1) is 8.72. The van der Waals surface area contributed by atoms with Gasteiger partial charge >= 0.3 is 6.18 Å². The van der Waals surface area contributed by atoms with Gasteiger partial charge in [0.05, 0.1) is 27.4 Å². The van der Waals surface area contributed by atoms with Crippen LogP contribution in [-0.4, -0.2) is 16.0 Å². The molecule has 1 aromatic rings. The van der Waals surface area contributed by atoms with Crippen molar-refractivity contribution < 1.29 is 22.9 Å². The number of nitro benzene ring substituents is 1. The zero-order valence-corrected chi connectivity index (χ0v) is 10.6. The van der Waals surface area contributed by atoms with Gasteiger partial charge in [0.25, 0.3) is 5.69 Å². The molecule has 0 heterocycles. The van der Waals surface area contributed by atoms with Crippen LogP contribution in [0.5, 0.6) is 0 Å². The molecule has 0 fully saturated rings. The lowest BCUT2D eigenvalue weighted by Gasteiger charge is -2.10. The van der Waals surface area contributed by atoms with Crippen LogP contribution in [0.4, 0.5) is 18.9 Å². The minimum Gasteiger partial charge on any atom is -0.293 e. The van der Waals surface area contributed by atoms with Gasteiger partial charge < -0.3 is 0 Å². The Bertz CT molecular complexity index is 593. The average molecular weight is 337 g/mol. The number of nitrogens with zero attached hydrogens (tertiary/aromatic N) is 2. The number of Topliss-reactive ketones (excluding diaryl/α,β-unsaturated/α-hetero) is 1. The number of nitro groups is 1. The molecule has 0 bridgehead atoms. The van der Waals surface area contributed by atoms with Crippen LogP contribution in [-0.2, 0) is 6.18 Å². The van der Waals surface area contributed by atoms with E-state index in [1.54, 1.807) is 0 Å². The van der Waals surface area contributed by atoms with Crippen LogP contribution in [0.15, 0.2) is 12.1 Å². The van der Waals surface area contributed by atoms with Crippen LogP contribution in [0.1, 0.15) is 21.5 Å². The van der Waals surface area contributed by atoms with Crippen molar-refractivity contribution in [2.45, 2.75) is 6.18 Å². The van der Waals surface area contributed by atoms with Crippen molar-refractivity contribution in [3.63, 3.8) is 0 Å². The van der Waals surface area contributed by atoms with Crippen molar-refractivity contribution in [1.29, 1.82) is 5.26 Å². The SMILES string of the molecule is N#Cc1cc(C(=O)CBr)c([N+](=O)[O-])c(C(F)(F)F)c1. The minimum absolute atomic E-state index is 0.350. The normalized spacial score (nSPS) is 10.9. The second-order valence-corrected chi connectivity index (χ2v) is 3.90. The standard InChI is InChI=1S/C10H4BrF3N2O3/c11-3-8(17)6-1-5(4-15)2-7(10(12,13)14)9(6)16(18)19/h1-2H,3H2. The van der Waals surface area contributed by atoms with Gasteiger partial charge in [-0.25, -0.2) is 0 Å². The Hall–Kier alpha value is -1.95. The lowest BCUT2D eigenvalue weighted by atomic mass is 10.0. The third-order valence-electron chi connectivity index (χ3n) is 2.15. The molecule has 1 aromatic carbocycles. The monoisotopic (exact) mass is 336 g/mol. The van der Waals surface area contributed by atoms with Gasteiger partial charge in [-0.05, 0) is 12.1 Å². The zero-order valence-electron chi connectivity index (χ0n) is 8.99. The highest BCUT2D eigenvalue weighted by Crippen LogP contribution is 2.39. The van der Waals surface area contributed by atoms with Crippen molar-refractivity contribution in [3.05, 3.63) is 38.9 Å². The molecule has 5 nitrogen and oxygen atoms in total. The van der Waals surface area contributed by atoms with Gasteiger partial charge in [-0.15, -0.1) is 0 Å². The molecule has 0 spiro atoms. The predicted octanol–water partition coefficient (Wildman–Crippen LogP) is 3.06. The van der Waals surface area contributed by atoms with E-state index in [0.29, 0.717) is 6.07 Å². The summed E-state index contributed by atoms with van der Waals surface area (Å²) in [6, 6.07) is 2.56. The van der Waals surface area contributed by atoms with Crippen LogP contribution in [0, 0.1) is 21.4 Å². The lowest BCUT2D eigenvalue weighted by molar-refractivity contribution is -0.388. The number of benzene rings is 1. The van der Waals surface area contributed by atoms with E-state index in [9.17, 15) is 28.1 Å². The fraction of sp³-hybridized carbons (Fsp3) is 0.200. The molecule has 0 aliphatic rings. The van der Waals surface area contributed by atoms with Crippen molar-refractivity contribution in [2.75, 3.05) is 5.33 Å². The molecule has 0 saturated heterocycles. The fourth-order valence-corrected chi connectivity index (χ4v) is 1.70. The van der Waals surface area contributed by atoms with Crippen molar-refractivity contribution in [3.8, 4) is 6.07 Å². The number of carbonyl (C=O) groups is 1. The molecule has 0 radical (unpaired) electrons. The number of ketones is 1. The Morgan fingerprint density at radius 2 is 2.05 bits per heavy atom. The Balaban J connectivity index is 3.77. The number of hydrogen-bond acceptors (Lipinski definition) is 4. The van der Waals surface area contributed by atoms with Gasteiger partial charge in [-0.2, -0.15) is 18.4 Å². The van der Waals surface area contributed by atoms with E-state index >= 15 is 0 Å². The summed E-state index contributed by atoms with van der Waals surface area (Å²) in [6.45, 7) is 0. The van der Waals surface area contributed by atoms with Crippen LogP contribution >= 0.6 is 15.9 Å². The third kappa shape index (κ3) is 3.08. The van der Waals surface area contributed by atoms with E-state index in [1.165, 1.54) is 6.07 Å². The zero-order chi connectivity index (χ0) is 14.8. The maximum Gasteiger partial charge on any atom is 0.423 e. The number of alkyl halides is 4. The molecule has 19 heavy (non-hydrogen) atoms. The average Bonchev–Trinajstić information content (AvgIpc) is 2.34. The molecule has 0 N–H and O–H groups in total. The first-order valence-corrected chi connectivity index (χ1v) is 5.73. The number of nitriles is 1. The number of hydrogen-bond donors (Lipinski definition) is 0. The molecule has 9 heteroatoms. The quantitative estimate of drug-likeness (QED) is 0.367. The highest BCUT2D eigenvalue weighted by Gasteiger charge is 2.41. The first kappa shape index (κ1) is 15.1. The van der Waals surface area contributed by atoms with Gasteiger partial charge in [0.15, 0.2) is 5.78 Å². The summed E-state index contributed by atoms with van der Waals surface area (Å²) < 4.78 is 38.2. The highest BCUT2D eigenvalue weighted by atomic mass is 79.9. The van der Waals surface area contributed by atoms with Crippen LogP contribution < -0.4 is 0 Å². The van der Waals surface area contributed by atoms with E-state index in [1.807, 2.05) is 0 Å². The second kappa shape index (κ2) is 5.36. The molecule has 0 aliphatic heterocycles. The largest absolute Gasteiger partial charge is 0.423 e. The van der Waals surface area contributed by atoms with Crippen molar-refractivity contribution in [2.24, 2.45) is 0 Å². The topological polar surface area (TPSA) is 84.0 Å². The Morgan fingerprint density at radius 3 is 2.42 bits per heavy atom. The van der Waals surface area contributed by atoms with Crippen molar-refractivity contribution in [1.82, 2.24) is 0 Å². The molecule has 0 amide bonds. The predicted molar refractivity (Wildman–Crippen MR) is 60.9 cm³/mol. The highest BCUT2D eigenvalue weighted by molar-refractivity contribution is 9.09. The van der Waals surface area contributed by atoms with Gasteiger partial charge in [0.2, 0.25) is 0 Å². The van der Waals surface area contributed by atoms with Crippen LogP contribution in [0.2, 0.25) is 0 Å². The Morgan fingerprint density at radius 1 is 1.47 bits per heavy atom. The van der Waals surface area contributed by atoms with Crippen molar-refractivity contribution >= 4 is 27.4 Å². The molecule has 1 rings (SSSR count). The molecule has 0 atom stereocenters. The number of rotatable bonds is 3. The summed E-state index contributed by atoms with van der Waals surface area (Å²) in [4.78, 5) is 20.9. The summed E-state index contributed by atoms with van der Waals surface area (Å²) >= 11 is 2.72. The van der Waals surface area contributed by atoms with E-state index in [-0.39, 0.29) is 5.33 Å².